The summed E-state index contributed by atoms with van der Waals surface area (Å²) in [6.07, 6.45) is 17.7. The topological polar surface area (TPSA) is 6.48 Å². The van der Waals surface area contributed by atoms with Crippen molar-refractivity contribution in [3.05, 3.63) is 0 Å². The molecule has 2 aliphatic heterocycles. The Morgan fingerprint density at radius 2 is 1.40 bits per heavy atom. The molecular weight excluding hydrogens is 304 g/mol. The fourth-order valence-corrected chi connectivity index (χ4v) is 6.41. The highest BCUT2D eigenvalue weighted by Gasteiger charge is 2.45. The average molecular weight is 347 g/mol. The third-order valence-electron chi connectivity index (χ3n) is 8.88. The van der Waals surface area contributed by atoms with Crippen LogP contribution in [-0.2, 0) is 0 Å². The van der Waals surface area contributed by atoms with Crippen LogP contribution in [0.5, 0.6) is 0 Å². The predicted octanol–water partition coefficient (Wildman–Crippen LogP) is 5.47. The molecule has 2 spiro atoms. The van der Waals surface area contributed by atoms with E-state index in [1.54, 1.807) is 0 Å². The van der Waals surface area contributed by atoms with E-state index in [-0.39, 0.29) is 0 Å². The average Bonchev–Trinajstić information content (AvgIpc) is 2.57. The van der Waals surface area contributed by atoms with E-state index in [9.17, 15) is 0 Å². The van der Waals surface area contributed by atoms with Gasteiger partial charge in [-0.15, -0.1) is 0 Å². The van der Waals surface area contributed by atoms with Crippen molar-refractivity contribution in [2.24, 2.45) is 10.8 Å². The third-order valence-corrected chi connectivity index (χ3v) is 8.88. The van der Waals surface area contributed by atoms with Crippen LogP contribution in [0.25, 0.3) is 0 Å². The van der Waals surface area contributed by atoms with Gasteiger partial charge in [0.15, 0.2) is 0 Å². The van der Waals surface area contributed by atoms with E-state index in [0.717, 1.165) is 16.9 Å². The zero-order valence-electron chi connectivity index (χ0n) is 17.3. The van der Waals surface area contributed by atoms with E-state index in [1.807, 2.05) is 0 Å². The van der Waals surface area contributed by atoms with Crippen LogP contribution in [0.1, 0.15) is 97.8 Å². The molecule has 144 valence electrons. The Bertz CT molecular complexity index is 441. The smallest absolute Gasteiger partial charge is 0.0153 e. The van der Waals surface area contributed by atoms with Crippen molar-refractivity contribution in [2.45, 2.75) is 109 Å². The maximum atomic E-state index is 2.82. The van der Waals surface area contributed by atoms with Crippen LogP contribution >= 0.6 is 0 Å². The SMILES string of the molecule is CC(CCC(C)(C)N1CCC2(CCC2)CC1)N1CC2(CCCCC2)C1. The lowest BCUT2D eigenvalue weighted by atomic mass is 9.63. The number of likely N-dealkylation sites (tertiary alicyclic amines) is 2. The van der Waals surface area contributed by atoms with Gasteiger partial charge < -0.3 is 0 Å². The Balaban J connectivity index is 1.21. The third kappa shape index (κ3) is 3.68. The summed E-state index contributed by atoms with van der Waals surface area (Å²) >= 11 is 0. The van der Waals surface area contributed by atoms with Crippen LogP contribution in [0, 0.1) is 10.8 Å². The molecule has 2 saturated heterocycles. The molecule has 0 amide bonds. The molecule has 1 unspecified atom stereocenters. The van der Waals surface area contributed by atoms with Crippen molar-refractivity contribution in [3.8, 4) is 0 Å². The van der Waals surface area contributed by atoms with Crippen molar-refractivity contribution < 1.29 is 0 Å². The van der Waals surface area contributed by atoms with Crippen LogP contribution in [0.3, 0.4) is 0 Å². The number of nitrogens with zero attached hydrogens (tertiary/aromatic N) is 2. The summed E-state index contributed by atoms with van der Waals surface area (Å²) in [7, 11) is 0. The summed E-state index contributed by atoms with van der Waals surface area (Å²) in [5.74, 6) is 0. The second-order valence-corrected chi connectivity index (χ2v) is 11.0. The lowest BCUT2D eigenvalue weighted by molar-refractivity contribution is -0.0577. The minimum atomic E-state index is 0.396. The Hall–Kier alpha value is -0.0800. The van der Waals surface area contributed by atoms with E-state index in [4.69, 9.17) is 0 Å². The van der Waals surface area contributed by atoms with Crippen molar-refractivity contribution in [1.82, 2.24) is 9.80 Å². The van der Waals surface area contributed by atoms with Gasteiger partial charge in [-0.05, 0) is 96.1 Å². The number of hydrogen-bond donors (Lipinski definition) is 0. The lowest BCUT2D eigenvalue weighted by Crippen LogP contribution is -2.60. The first kappa shape index (κ1) is 18.3. The molecule has 2 nitrogen and oxygen atoms in total. The normalized spacial score (nSPS) is 30.8. The molecule has 2 heteroatoms. The highest BCUT2D eigenvalue weighted by molar-refractivity contribution is 4.99. The summed E-state index contributed by atoms with van der Waals surface area (Å²) in [5, 5.41) is 0. The maximum Gasteiger partial charge on any atom is 0.0153 e. The van der Waals surface area contributed by atoms with Crippen molar-refractivity contribution >= 4 is 0 Å². The molecule has 1 atom stereocenters. The Morgan fingerprint density at radius 3 is 1.96 bits per heavy atom. The first-order chi connectivity index (χ1) is 11.9. The molecule has 0 bridgehead atoms. The van der Waals surface area contributed by atoms with Crippen molar-refractivity contribution in [2.75, 3.05) is 26.2 Å². The van der Waals surface area contributed by atoms with Crippen LogP contribution in [0.15, 0.2) is 0 Å². The highest BCUT2D eigenvalue weighted by Crippen LogP contribution is 2.50. The van der Waals surface area contributed by atoms with Gasteiger partial charge in [0, 0.05) is 24.7 Å². The van der Waals surface area contributed by atoms with Crippen LogP contribution in [-0.4, -0.2) is 47.6 Å². The first-order valence-electron chi connectivity index (χ1n) is 11.4. The Kier molecular flexibility index (Phi) is 4.99. The zero-order valence-corrected chi connectivity index (χ0v) is 17.3. The second kappa shape index (κ2) is 6.82. The lowest BCUT2D eigenvalue weighted by Gasteiger charge is -2.55. The molecule has 25 heavy (non-hydrogen) atoms. The summed E-state index contributed by atoms with van der Waals surface area (Å²) in [6, 6.07) is 0.787. The Morgan fingerprint density at radius 1 is 0.800 bits per heavy atom. The molecule has 0 aromatic carbocycles. The second-order valence-electron chi connectivity index (χ2n) is 11.0. The fourth-order valence-electron chi connectivity index (χ4n) is 6.41. The van der Waals surface area contributed by atoms with E-state index in [1.165, 1.54) is 103 Å². The first-order valence-corrected chi connectivity index (χ1v) is 11.4. The molecule has 0 N–H and O–H groups in total. The Labute approximate surface area is 156 Å². The van der Waals surface area contributed by atoms with Gasteiger partial charge in [-0.25, -0.2) is 0 Å². The molecule has 2 heterocycles. The zero-order chi connectivity index (χ0) is 17.5. The van der Waals surface area contributed by atoms with Gasteiger partial charge >= 0.3 is 0 Å². The van der Waals surface area contributed by atoms with Gasteiger partial charge in [-0.2, -0.15) is 0 Å². The molecule has 0 radical (unpaired) electrons. The molecule has 2 aliphatic carbocycles. The van der Waals surface area contributed by atoms with Gasteiger partial charge in [-0.1, -0.05) is 25.7 Å². The predicted molar refractivity (Wildman–Crippen MR) is 107 cm³/mol. The summed E-state index contributed by atoms with van der Waals surface area (Å²) in [4.78, 5) is 5.61. The van der Waals surface area contributed by atoms with Gasteiger partial charge in [0.05, 0.1) is 0 Å². The van der Waals surface area contributed by atoms with Crippen molar-refractivity contribution in [3.63, 3.8) is 0 Å². The van der Waals surface area contributed by atoms with Crippen LogP contribution in [0.4, 0.5) is 0 Å². The molecule has 4 rings (SSSR count). The highest BCUT2D eigenvalue weighted by atomic mass is 15.2. The fraction of sp³-hybridized carbons (Fsp3) is 1.00. The molecule has 2 saturated carbocycles. The van der Waals surface area contributed by atoms with E-state index >= 15 is 0 Å². The molecule has 0 aromatic rings. The molecule has 0 aromatic heterocycles. The summed E-state index contributed by atoms with van der Waals surface area (Å²) < 4.78 is 0. The van der Waals surface area contributed by atoms with E-state index in [2.05, 4.69) is 30.6 Å². The summed E-state index contributed by atoms with van der Waals surface area (Å²) in [5.41, 5.74) is 1.92. The van der Waals surface area contributed by atoms with Gasteiger partial charge in [-0.3, -0.25) is 9.80 Å². The van der Waals surface area contributed by atoms with Crippen molar-refractivity contribution in [1.29, 1.82) is 0 Å². The minimum absolute atomic E-state index is 0.396. The number of rotatable bonds is 5. The number of piperidine rings is 1. The van der Waals surface area contributed by atoms with E-state index < -0.39 is 0 Å². The molecule has 4 fully saturated rings. The van der Waals surface area contributed by atoms with Gasteiger partial charge in [0.25, 0.3) is 0 Å². The summed E-state index contributed by atoms with van der Waals surface area (Å²) in [6.45, 7) is 13.0. The number of hydrogen-bond acceptors (Lipinski definition) is 2. The molecular formula is C23H42N2. The van der Waals surface area contributed by atoms with Gasteiger partial charge in [0.1, 0.15) is 0 Å². The van der Waals surface area contributed by atoms with Crippen LogP contribution < -0.4 is 0 Å². The van der Waals surface area contributed by atoms with E-state index in [0.29, 0.717) is 5.54 Å². The standard InChI is InChI=1S/C23H42N2/c1-20(24-18-23(19-24)9-5-4-6-10-23)8-13-21(2,3)25-16-14-22(15-17-25)11-7-12-22/h20H,4-19H2,1-3H3. The minimum Gasteiger partial charge on any atom is -0.299 e. The quantitative estimate of drug-likeness (QED) is 0.651. The maximum absolute atomic E-state index is 2.82. The molecule has 4 aliphatic rings. The largest absolute Gasteiger partial charge is 0.299 e. The monoisotopic (exact) mass is 346 g/mol. The van der Waals surface area contributed by atoms with Crippen LogP contribution in [0.2, 0.25) is 0 Å². The van der Waals surface area contributed by atoms with Gasteiger partial charge in [0.2, 0.25) is 0 Å².